The predicted octanol–water partition coefficient (Wildman–Crippen LogP) is 6.13. The molecule has 1 heterocycles. The molecular formula is C24H31ClN2O3S. The molecule has 3 unspecified atom stereocenters. The standard InChI is InChI=1S/C24H31ClN2O3S/c1-2-24(14-16-4-3-5-17(12-16)15-24)10-11-27-21(28)13-20(22(29)30)31-23(27)26-19-8-6-18(25)7-9-19/h6-9,16-17,20H,2-5,10-15H2,1H3,(H,29,30)/b26-23-. The van der Waals surface area contributed by atoms with E-state index in [1.165, 1.54) is 50.3 Å². The Balaban J connectivity index is 1.54. The summed E-state index contributed by atoms with van der Waals surface area (Å²) < 4.78 is 0. The predicted molar refractivity (Wildman–Crippen MR) is 126 cm³/mol. The van der Waals surface area contributed by atoms with E-state index < -0.39 is 11.2 Å². The molecule has 5 nitrogen and oxygen atoms in total. The summed E-state index contributed by atoms with van der Waals surface area (Å²) in [7, 11) is 0. The van der Waals surface area contributed by atoms with Crippen molar-refractivity contribution in [1.29, 1.82) is 0 Å². The van der Waals surface area contributed by atoms with Crippen LogP contribution in [-0.2, 0) is 9.59 Å². The van der Waals surface area contributed by atoms with Crippen LogP contribution in [0.4, 0.5) is 5.69 Å². The largest absolute Gasteiger partial charge is 0.480 e. The molecule has 1 amide bonds. The van der Waals surface area contributed by atoms with Gasteiger partial charge in [-0.3, -0.25) is 14.5 Å². The lowest BCUT2D eigenvalue weighted by Crippen LogP contribution is -2.46. The van der Waals surface area contributed by atoms with Crippen molar-refractivity contribution in [2.24, 2.45) is 22.2 Å². The second-order valence-electron chi connectivity index (χ2n) is 9.48. The van der Waals surface area contributed by atoms with Crippen molar-refractivity contribution in [3.05, 3.63) is 29.3 Å². The van der Waals surface area contributed by atoms with Crippen LogP contribution in [-0.4, -0.2) is 38.8 Å². The summed E-state index contributed by atoms with van der Waals surface area (Å²) in [6.45, 7) is 2.90. The molecule has 168 valence electrons. The number of hydrogen-bond acceptors (Lipinski definition) is 4. The summed E-state index contributed by atoms with van der Waals surface area (Å²) in [5, 5.41) is 9.82. The van der Waals surface area contributed by atoms with Gasteiger partial charge in [0.25, 0.3) is 0 Å². The number of carboxylic acids is 1. The zero-order chi connectivity index (χ0) is 22.0. The average Bonchev–Trinajstić information content (AvgIpc) is 2.74. The van der Waals surface area contributed by atoms with Gasteiger partial charge >= 0.3 is 5.97 Å². The highest BCUT2D eigenvalue weighted by Crippen LogP contribution is 2.52. The lowest BCUT2D eigenvalue weighted by Gasteiger charge is -2.48. The van der Waals surface area contributed by atoms with Crippen LogP contribution in [0.25, 0.3) is 0 Å². The number of rotatable bonds is 6. The number of aliphatic imine (C=N–C) groups is 1. The maximum Gasteiger partial charge on any atom is 0.317 e. The molecule has 1 aromatic rings. The van der Waals surface area contributed by atoms with Crippen LogP contribution in [0, 0.1) is 17.3 Å². The minimum atomic E-state index is -0.966. The molecule has 3 atom stereocenters. The lowest BCUT2D eigenvalue weighted by atomic mass is 9.58. The molecule has 3 fully saturated rings. The van der Waals surface area contributed by atoms with Crippen molar-refractivity contribution in [2.45, 2.75) is 70.0 Å². The third-order valence-electron chi connectivity index (χ3n) is 7.42. The SMILES string of the molecule is CCC1(CCN2C(=O)CC(C(=O)O)S/C2=N\c2ccc(Cl)cc2)CC2CCCC(C2)C1. The molecule has 1 saturated heterocycles. The number of amidine groups is 1. The Bertz CT molecular complexity index is 845. The molecule has 0 radical (unpaired) electrons. The highest BCUT2D eigenvalue weighted by molar-refractivity contribution is 8.15. The Hall–Kier alpha value is -1.53. The molecule has 2 saturated carbocycles. The van der Waals surface area contributed by atoms with Gasteiger partial charge in [-0.05, 0) is 67.2 Å². The molecule has 0 spiro atoms. The van der Waals surface area contributed by atoms with Gasteiger partial charge in [-0.25, -0.2) is 4.99 Å². The quantitative estimate of drug-likeness (QED) is 0.551. The van der Waals surface area contributed by atoms with Crippen LogP contribution in [0.2, 0.25) is 5.02 Å². The third-order valence-corrected chi connectivity index (χ3v) is 8.84. The minimum absolute atomic E-state index is 0.0179. The Morgan fingerprint density at radius 1 is 1.26 bits per heavy atom. The molecule has 1 aliphatic heterocycles. The fourth-order valence-corrected chi connectivity index (χ4v) is 6.96. The first-order chi connectivity index (χ1) is 14.9. The number of halogens is 1. The van der Waals surface area contributed by atoms with E-state index in [1.807, 2.05) is 0 Å². The van der Waals surface area contributed by atoms with Crippen LogP contribution < -0.4 is 0 Å². The maximum absolute atomic E-state index is 13.0. The number of fused-ring (bicyclic) bond motifs is 2. The van der Waals surface area contributed by atoms with E-state index in [-0.39, 0.29) is 17.7 Å². The summed E-state index contributed by atoms with van der Waals surface area (Å²) in [6, 6.07) is 7.09. The van der Waals surface area contributed by atoms with E-state index >= 15 is 0 Å². The molecule has 7 heteroatoms. The molecule has 1 aromatic carbocycles. The van der Waals surface area contributed by atoms with Crippen molar-refractivity contribution < 1.29 is 14.7 Å². The Kier molecular flexibility index (Phi) is 6.97. The second-order valence-corrected chi connectivity index (χ2v) is 11.1. The van der Waals surface area contributed by atoms with Gasteiger partial charge in [-0.2, -0.15) is 0 Å². The van der Waals surface area contributed by atoms with Gasteiger partial charge in [-0.1, -0.05) is 56.0 Å². The topological polar surface area (TPSA) is 70.0 Å². The number of carbonyl (C=O) groups excluding carboxylic acids is 1. The number of benzene rings is 1. The summed E-state index contributed by atoms with van der Waals surface area (Å²) in [6.07, 6.45) is 10.1. The van der Waals surface area contributed by atoms with E-state index in [0.29, 0.717) is 22.4 Å². The molecule has 2 bridgehead atoms. The highest BCUT2D eigenvalue weighted by Gasteiger charge is 2.42. The highest BCUT2D eigenvalue weighted by atomic mass is 35.5. The second kappa shape index (κ2) is 9.53. The van der Waals surface area contributed by atoms with Gasteiger partial charge in [-0.15, -0.1) is 0 Å². The summed E-state index contributed by atoms with van der Waals surface area (Å²) in [5.41, 5.74) is 0.960. The van der Waals surface area contributed by atoms with Crippen molar-refractivity contribution in [3.63, 3.8) is 0 Å². The van der Waals surface area contributed by atoms with Gasteiger partial charge < -0.3 is 5.11 Å². The monoisotopic (exact) mass is 462 g/mol. The van der Waals surface area contributed by atoms with E-state index in [4.69, 9.17) is 11.6 Å². The summed E-state index contributed by atoms with van der Waals surface area (Å²) >= 11 is 7.17. The van der Waals surface area contributed by atoms with Gasteiger partial charge in [0, 0.05) is 11.6 Å². The third kappa shape index (κ3) is 5.28. The van der Waals surface area contributed by atoms with E-state index in [2.05, 4.69) is 11.9 Å². The first-order valence-corrected chi connectivity index (χ1v) is 12.7. The van der Waals surface area contributed by atoms with Gasteiger partial charge in [0.2, 0.25) is 5.91 Å². The lowest BCUT2D eigenvalue weighted by molar-refractivity contribution is -0.139. The normalized spacial score (nSPS) is 32.3. The van der Waals surface area contributed by atoms with Gasteiger partial charge in [0.05, 0.1) is 12.1 Å². The smallest absolute Gasteiger partial charge is 0.317 e. The fraction of sp³-hybridized carbons (Fsp3) is 0.625. The van der Waals surface area contributed by atoms with Crippen LogP contribution in [0.3, 0.4) is 0 Å². The molecule has 2 aliphatic carbocycles. The molecule has 1 N–H and O–H groups in total. The van der Waals surface area contributed by atoms with Crippen molar-refractivity contribution in [2.75, 3.05) is 6.54 Å². The number of nitrogens with zero attached hydrogens (tertiary/aromatic N) is 2. The zero-order valence-electron chi connectivity index (χ0n) is 18.1. The Labute approximate surface area is 193 Å². The van der Waals surface area contributed by atoms with Crippen LogP contribution in [0.1, 0.15) is 64.7 Å². The summed E-state index contributed by atoms with van der Waals surface area (Å²) in [4.78, 5) is 31.0. The molecule has 3 aliphatic rings. The average molecular weight is 463 g/mol. The van der Waals surface area contributed by atoms with Gasteiger partial charge in [0.15, 0.2) is 5.17 Å². The van der Waals surface area contributed by atoms with Crippen LogP contribution in [0.15, 0.2) is 29.3 Å². The molecule has 4 rings (SSSR count). The number of carbonyl (C=O) groups is 2. The Morgan fingerprint density at radius 3 is 2.55 bits per heavy atom. The number of hydrogen-bond donors (Lipinski definition) is 1. The number of thioether (sulfide) groups is 1. The summed E-state index contributed by atoms with van der Waals surface area (Å²) in [5.74, 6) is 0.558. The number of amides is 1. The molecular weight excluding hydrogens is 432 g/mol. The van der Waals surface area contributed by atoms with Crippen molar-refractivity contribution in [3.8, 4) is 0 Å². The van der Waals surface area contributed by atoms with E-state index in [1.54, 1.807) is 29.2 Å². The maximum atomic E-state index is 13.0. The van der Waals surface area contributed by atoms with Crippen LogP contribution >= 0.6 is 23.4 Å². The van der Waals surface area contributed by atoms with Gasteiger partial charge in [0.1, 0.15) is 5.25 Å². The number of aliphatic carboxylic acids is 1. The Morgan fingerprint density at radius 2 is 1.94 bits per heavy atom. The van der Waals surface area contributed by atoms with E-state index in [9.17, 15) is 14.7 Å². The van der Waals surface area contributed by atoms with Crippen LogP contribution in [0.5, 0.6) is 0 Å². The number of carboxylic acid groups (broad SMARTS) is 1. The first-order valence-electron chi connectivity index (χ1n) is 11.4. The molecule has 31 heavy (non-hydrogen) atoms. The van der Waals surface area contributed by atoms with E-state index in [0.717, 1.165) is 24.7 Å². The van der Waals surface area contributed by atoms with Crippen molar-refractivity contribution in [1.82, 2.24) is 4.90 Å². The zero-order valence-corrected chi connectivity index (χ0v) is 19.6. The first kappa shape index (κ1) is 22.7. The minimum Gasteiger partial charge on any atom is -0.480 e. The fourth-order valence-electron chi connectivity index (χ4n) is 5.78. The van der Waals surface area contributed by atoms with Crippen molar-refractivity contribution >= 4 is 46.1 Å². The molecule has 0 aromatic heterocycles.